The van der Waals surface area contributed by atoms with Crippen LogP contribution < -0.4 is 11.2 Å². The first kappa shape index (κ1) is 17.7. The van der Waals surface area contributed by atoms with Gasteiger partial charge in [-0.05, 0) is 36.8 Å². The lowest BCUT2D eigenvalue weighted by atomic mass is 10.2. The summed E-state index contributed by atoms with van der Waals surface area (Å²) >= 11 is 5.85. The van der Waals surface area contributed by atoms with Gasteiger partial charge in [0.2, 0.25) is 5.88 Å². The molecule has 0 saturated heterocycles. The molecule has 6 nitrogen and oxygen atoms in total. The normalized spacial score (nSPS) is 11.5. The van der Waals surface area contributed by atoms with Crippen molar-refractivity contribution < 1.29 is 5.11 Å². The van der Waals surface area contributed by atoms with Crippen molar-refractivity contribution in [1.82, 2.24) is 9.55 Å². The third-order valence-electron chi connectivity index (χ3n) is 3.84. The van der Waals surface area contributed by atoms with Crippen LogP contribution in [0.4, 0.5) is 5.69 Å². The van der Waals surface area contributed by atoms with Crippen molar-refractivity contribution >= 4 is 23.0 Å². The first-order valence-electron chi connectivity index (χ1n) is 7.87. The molecule has 0 aliphatic rings. The Morgan fingerprint density at radius 2 is 1.77 bits per heavy atom. The average molecular weight is 370 g/mol. The van der Waals surface area contributed by atoms with Crippen molar-refractivity contribution in [3.05, 3.63) is 91.6 Å². The molecule has 0 fully saturated rings. The molecule has 0 unspecified atom stereocenters. The smallest absolute Gasteiger partial charge is 0.331 e. The van der Waals surface area contributed by atoms with Gasteiger partial charge in [0.15, 0.2) is 0 Å². The third kappa shape index (κ3) is 3.75. The third-order valence-corrected chi connectivity index (χ3v) is 4.09. The molecule has 3 aromatic rings. The molecular weight excluding hydrogens is 354 g/mol. The number of H-pyrrole nitrogens is 1. The SMILES string of the molecule is CC(=Nc1ccc(Cl)cc1)c1c(O)n(Cc2ccccc2)c(=O)[nH]c1=O. The molecule has 1 aromatic heterocycles. The van der Waals surface area contributed by atoms with Gasteiger partial charge in [0, 0.05) is 5.02 Å². The fourth-order valence-corrected chi connectivity index (χ4v) is 2.69. The minimum Gasteiger partial charge on any atom is -0.494 e. The van der Waals surface area contributed by atoms with E-state index < -0.39 is 17.1 Å². The fourth-order valence-electron chi connectivity index (χ4n) is 2.56. The number of nitrogens with one attached hydrogen (secondary N) is 1. The Hall–Kier alpha value is -3.12. The van der Waals surface area contributed by atoms with E-state index >= 15 is 0 Å². The number of nitrogens with zero attached hydrogens (tertiary/aromatic N) is 2. The highest BCUT2D eigenvalue weighted by Crippen LogP contribution is 2.19. The summed E-state index contributed by atoms with van der Waals surface area (Å²) < 4.78 is 1.10. The Morgan fingerprint density at radius 3 is 2.42 bits per heavy atom. The molecule has 0 atom stereocenters. The van der Waals surface area contributed by atoms with Gasteiger partial charge >= 0.3 is 5.69 Å². The van der Waals surface area contributed by atoms with E-state index in [1.165, 1.54) is 0 Å². The highest BCUT2D eigenvalue weighted by molar-refractivity contribution is 6.30. The Kier molecular flexibility index (Phi) is 5.04. The van der Waals surface area contributed by atoms with Crippen LogP contribution in [-0.4, -0.2) is 20.4 Å². The van der Waals surface area contributed by atoms with Crippen molar-refractivity contribution in [1.29, 1.82) is 0 Å². The van der Waals surface area contributed by atoms with E-state index in [0.29, 0.717) is 10.7 Å². The summed E-state index contributed by atoms with van der Waals surface area (Å²) in [7, 11) is 0. The Balaban J connectivity index is 2.07. The second-order valence-electron chi connectivity index (χ2n) is 5.70. The summed E-state index contributed by atoms with van der Waals surface area (Å²) in [6.45, 7) is 1.72. The van der Waals surface area contributed by atoms with Crippen LogP contribution in [0.15, 0.2) is 69.2 Å². The summed E-state index contributed by atoms with van der Waals surface area (Å²) in [6.07, 6.45) is 0. The summed E-state index contributed by atoms with van der Waals surface area (Å²) in [5.74, 6) is -0.419. The monoisotopic (exact) mass is 369 g/mol. The van der Waals surface area contributed by atoms with Crippen molar-refractivity contribution in [3.63, 3.8) is 0 Å². The second-order valence-corrected chi connectivity index (χ2v) is 6.14. The molecule has 0 aliphatic carbocycles. The Bertz CT molecular complexity index is 1070. The van der Waals surface area contributed by atoms with Crippen LogP contribution in [-0.2, 0) is 6.54 Å². The van der Waals surface area contributed by atoms with Crippen LogP contribution in [0.2, 0.25) is 5.02 Å². The highest BCUT2D eigenvalue weighted by Gasteiger charge is 2.17. The molecule has 7 heteroatoms. The molecule has 0 aliphatic heterocycles. The predicted octanol–water partition coefficient (Wildman–Crippen LogP) is 3.08. The number of aromatic hydroxyl groups is 1. The van der Waals surface area contributed by atoms with Gasteiger partial charge in [-0.25, -0.2) is 4.79 Å². The Labute approximate surface area is 154 Å². The summed E-state index contributed by atoms with van der Waals surface area (Å²) in [5, 5.41) is 11.1. The van der Waals surface area contributed by atoms with E-state index in [1.807, 2.05) is 30.3 Å². The maximum atomic E-state index is 12.2. The zero-order valence-electron chi connectivity index (χ0n) is 13.9. The maximum Gasteiger partial charge on any atom is 0.331 e. The number of aromatic amines is 1. The van der Waals surface area contributed by atoms with Crippen LogP contribution in [0.25, 0.3) is 0 Å². The molecule has 132 valence electrons. The number of halogens is 1. The van der Waals surface area contributed by atoms with Crippen molar-refractivity contribution in [3.8, 4) is 5.88 Å². The van der Waals surface area contributed by atoms with Gasteiger partial charge in [-0.3, -0.25) is 19.3 Å². The molecule has 0 radical (unpaired) electrons. The number of rotatable bonds is 4. The molecule has 0 spiro atoms. The minimum absolute atomic E-state index is 0.0459. The van der Waals surface area contributed by atoms with Gasteiger partial charge in [-0.15, -0.1) is 0 Å². The van der Waals surface area contributed by atoms with E-state index in [4.69, 9.17) is 11.6 Å². The van der Waals surface area contributed by atoms with Crippen LogP contribution >= 0.6 is 11.6 Å². The van der Waals surface area contributed by atoms with E-state index in [1.54, 1.807) is 31.2 Å². The molecular formula is C19H16ClN3O3. The van der Waals surface area contributed by atoms with E-state index in [9.17, 15) is 14.7 Å². The average Bonchev–Trinajstić information content (AvgIpc) is 2.61. The molecule has 0 saturated carbocycles. The van der Waals surface area contributed by atoms with Crippen molar-refractivity contribution in [2.45, 2.75) is 13.5 Å². The number of aromatic nitrogens is 2. The predicted molar refractivity (Wildman–Crippen MR) is 102 cm³/mol. The van der Waals surface area contributed by atoms with E-state index in [-0.39, 0.29) is 17.8 Å². The molecule has 1 heterocycles. The van der Waals surface area contributed by atoms with Gasteiger partial charge in [0.05, 0.1) is 17.9 Å². The van der Waals surface area contributed by atoms with Gasteiger partial charge in [-0.1, -0.05) is 41.9 Å². The summed E-state index contributed by atoms with van der Waals surface area (Å²) in [6, 6.07) is 15.9. The molecule has 26 heavy (non-hydrogen) atoms. The lowest BCUT2D eigenvalue weighted by molar-refractivity contribution is 0.408. The number of aliphatic imine (C=N–C) groups is 1. The summed E-state index contributed by atoms with van der Waals surface area (Å²) in [5.41, 5.74) is 0.261. The van der Waals surface area contributed by atoms with Crippen molar-refractivity contribution in [2.24, 2.45) is 4.99 Å². The topological polar surface area (TPSA) is 87.4 Å². The molecule has 2 N–H and O–H groups in total. The lowest BCUT2D eigenvalue weighted by Gasteiger charge is -2.11. The van der Waals surface area contributed by atoms with Crippen LogP contribution in [0.3, 0.4) is 0 Å². The number of hydrogen-bond acceptors (Lipinski definition) is 4. The number of hydrogen-bond donors (Lipinski definition) is 2. The standard InChI is InChI=1S/C19H16ClN3O3/c1-12(21-15-9-7-14(20)8-10-15)16-17(24)22-19(26)23(18(16)25)11-13-5-3-2-4-6-13/h2-10,25H,11H2,1H3,(H,22,24,26). The second kappa shape index (κ2) is 7.41. The molecule has 0 bridgehead atoms. The van der Waals surface area contributed by atoms with E-state index in [2.05, 4.69) is 9.98 Å². The molecule has 3 rings (SSSR count). The largest absolute Gasteiger partial charge is 0.494 e. The minimum atomic E-state index is -0.688. The van der Waals surface area contributed by atoms with E-state index in [0.717, 1.165) is 10.1 Å². The van der Waals surface area contributed by atoms with Gasteiger partial charge in [-0.2, -0.15) is 0 Å². The maximum absolute atomic E-state index is 12.2. The highest BCUT2D eigenvalue weighted by atomic mass is 35.5. The van der Waals surface area contributed by atoms with Gasteiger partial charge in [0.1, 0.15) is 5.56 Å². The first-order valence-corrected chi connectivity index (χ1v) is 8.25. The molecule has 0 amide bonds. The zero-order valence-corrected chi connectivity index (χ0v) is 14.7. The first-order chi connectivity index (χ1) is 12.5. The van der Waals surface area contributed by atoms with Crippen LogP contribution in [0.5, 0.6) is 5.88 Å². The number of benzene rings is 2. The van der Waals surface area contributed by atoms with Gasteiger partial charge < -0.3 is 5.11 Å². The van der Waals surface area contributed by atoms with Gasteiger partial charge in [0.25, 0.3) is 5.56 Å². The van der Waals surface area contributed by atoms with Crippen molar-refractivity contribution in [2.75, 3.05) is 0 Å². The fraction of sp³-hybridized carbons (Fsp3) is 0.105. The lowest BCUT2D eigenvalue weighted by Crippen LogP contribution is -2.33. The van der Waals surface area contributed by atoms with Crippen LogP contribution in [0.1, 0.15) is 18.1 Å². The zero-order chi connectivity index (χ0) is 18.7. The summed E-state index contributed by atoms with van der Waals surface area (Å²) in [4.78, 5) is 30.9. The van der Waals surface area contributed by atoms with Crippen LogP contribution in [0, 0.1) is 0 Å². The Morgan fingerprint density at radius 1 is 1.12 bits per heavy atom. The quantitative estimate of drug-likeness (QED) is 0.693. The molecule has 2 aromatic carbocycles.